The number of benzene rings is 1. The van der Waals surface area contributed by atoms with Gasteiger partial charge < -0.3 is 4.98 Å². The molecule has 1 fully saturated rings. The predicted molar refractivity (Wildman–Crippen MR) is 103 cm³/mol. The van der Waals surface area contributed by atoms with E-state index in [4.69, 9.17) is 5.26 Å². The lowest BCUT2D eigenvalue weighted by molar-refractivity contribution is 0.571. The van der Waals surface area contributed by atoms with Crippen molar-refractivity contribution < 1.29 is 8.42 Å². The van der Waals surface area contributed by atoms with Gasteiger partial charge in [0, 0.05) is 11.1 Å². The normalized spacial score (nSPS) is 15.4. The number of nitriles is 1. The van der Waals surface area contributed by atoms with Gasteiger partial charge in [-0.1, -0.05) is 0 Å². The lowest BCUT2D eigenvalue weighted by Gasteiger charge is -2.11. The van der Waals surface area contributed by atoms with Gasteiger partial charge in [0.1, 0.15) is 5.54 Å². The quantitative estimate of drug-likeness (QED) is 0.631. The van der Waals surface area contributed by atoms with Gasteiger partial charge >= 0.3 is 5.69 Å². The minimum absolute atomic E-state index is 0.0440. The van der Waals surface area contributed by atoms with Crippen LogP contribution in [0.2, 0.25) is 0 Å². The van der Waals surface area contributed by atoms with Crippen molar-refractivity contribution in [2.24, 2.45) is 0 Å². The SMILES string of the molecule is Cc1ncc(Cn2c(=O)[nH]c3ccc(S(=O)(=O)NC4(C#N)CC4)cc3c2=O)s1. The van der Waals surface area contributed by atoms with E-state index in [0.29, 0.717) is 12.8 Å². The van der Waals surface area contributed by atoms with Crippen LogP contribution in [0.15, 0.2) is 38.9 Å². The maximum Gasteiger partial charge on any atom is 0.329 e. The largest absolute Gasteiger partial charge is 0.329 e. The molecule has 2 N–H and O–H groups in total. The molecule has 1 aliphatic rings. The molecule has 3 aromatic rings. The van der Waals surface area contributed by atoms with E-state index in [2.05, 4.69) is 14.7 Å². The third kappa shape index (κ3) is 3.26. The number of nitrogens with one attached hydrogen (secondary N) is 2. The monoisotopic (exact) mass is 417 g/mol. The van der Waals surface area contributed by atoms with Crippen LogP contribution in [0.3, 0.4) is 0 Å². The minimum Gasteiger partial charge on any atom is -0.307 e. The fourth-order valence-corrected chi connectivity index (χ4v) is 5.04. The molecule has 0 amide bonds. The van der Waals surface area contributed by atoms with Crippen molar-refractivity contribution in [3.05, 3.63) is 55.1 Å². The fraction of sp³-hybridized carbons (Fsp3) is 0.294. The summed E-state index contributed by atoms with van der Waals surface area (Å²) in [6.07, 6.45) is 2.49. The van der Waals surface area contributed by atoms with Crippen LogP contribution in [0, 0.1) is 18.3 Å². The van der Waals surface area contributed by atoms with Gasteiger partial charge in [0.15, 0.2) is 0 Å². The van der Waals surface area contributed by atoms with Gasteiger partial charge in [-0.05, 0) is 38.0 Å². The molecule has 2 heterocycles. The van der Waals surface area contributed by atoms with E-state index < -0.39 is 26.8 Å². The van der Waals surface area contributed by atoms with E-state index in [9.17, 15) is 18.0 Å². The summed E-state index contributed by atoms with van der Waals surface area (Å²) >= 11 is 1.37. The first kappa shape index (κ1) is 18.5. The minimum atomic E-state index is -3.97. The molecule has 2 aromatic heterocycles. The van der Waals surface area contributed by atoms with E-state index in [1.54, 1.807) is 6.20 Å². The summed E-state index contributed by atoms with van der Waals surface area (Å²) in [7, 11) is -3.97. The summed E-state index contributed by atoms with van der Waals surface area (Å²) in [6.45, 7) is 1.86. The summed E-state index contributed by atoms with van der Waals surface area (Å²) in [6, 6.07) is 5.86. The number of nitrogens with zero attached hydrogens (tertiary/aromatic N) is 3. The molecular weight excluding hydrogens is 402 g/mol. The number of H-pyrrole nitrogens is 1. The molecule has 28 heavy (non-hydrogen) atoms. The second kappa shape index (κ2) is 6.37. The molecule has 0 spiro atoms. The van der Waals surface area contributed by atoms with E-state index >= 15 is 0 Å². The summed E-state index contributed by atoms with van der Waals surface area (Å²) in [4.78, 5) is 32.5. The van der Waals surface area contributed by atoms with Crippen LogP contribution in [0.25, 0.3) is 10.9 Å². The highest BCUT2D eigenvalue weighted by molar-refractivity contribution is 7.89. The van der Waals surface area contributed by atoms with Crippen molar-refractivity contribution in [2.75, 3.05) is 0 Å². The molecule has 0 atom stereocenters. The van der Waals surface area contributed by atoms with Gasteiger partial charge in [0.25, 0.3) is 5.56 Å². The summed E-state index contributed by atoms with van der Waals surface area (Å²) in [5, 5.41) is 10.0. The molecule has 0 unspecified atom stereocenters. The van der Waals surface area contributed by atoms with Crippen LogP contribution in [0.1, 0.15) is 22.7 Å². The van der Waals surface area contributed by atoms with Crippen molar-refractivity contribution in [2.45, 2.75) is 36.7 Å². The molecule has 1 aliphatic carbocycles. The second-order valence-corrected chi connectivity index (χ2v) is 9.68. The van der Waals surface area contributed by atoms with Crippen LogP contribution in [-0.4, -0.2) is 28.5 Å². The Hall–Kier alpha value is -2.81. The zero-order valence-corrected chi connectivity index (χ0v) is 16.4. The first-order valence-electron chi connectivity index (χ1n) is 8.36. The summed E-state index contributed by atoms with van der Waals surface area (Å²) in [5.41, 5.74) is -2.00. The van der Waals surface area contributed by atoms with Crippen LogP contribution in [0.4, 0.5) is 0 Å². The number of fused-ring (bicyclic) bond motifs is 1. The van der Waals surface area contributed by atoms with Gasteiger partial charge in [0.2, 0.25) is 10.0 Å². The smallest absolute Gasteiger partial charge is 0.307 e. The standard InChI is InChI=1S/C17H15N5O4S2/c1-10-19-7-11(27-10)8-22-15(23)13-6-12(2-3-14(13)20-16(22)24)28(25,26)21-17(9-18)4-5-17/h2-3,6-7,21H,4-5,8H2,1H3,(H,20,24). The molecule has 144 valence electrons. The van der Waals surface area contributed by atoms with Gasteiger partial charge in [-0.3, -0.25) is 9.36 Å². The first-order valence-corrected chi connectivity index (χ1v) is 10.7. The molecule has 0 radical (unpaired) electrons. The van der Waals surface area contributed by atoms with Crippen LogP contribution < -0.4 is 16.0 Å². The van der Waals surface area contributed by atoms with E-state index in [0.717, 1.165) is 14.5 Å². The van der Waals surface area contributed by atoms with Crippen molar-refractivity contribution in [3.63, 3.8) is 0 Å². The van der Waals surface area contributed by atoms with Crippen LogP contribution in [-0.2, 0) is 16.6 Å². The summed E-state index contributed by atoms with van der Waals surface area (Å²) in [5.74, 6) is 0. The lowest BCUT2D eigenvalue weighted by Crippen LogP contribution is -2.36. The third-order valence-electron chi connectivity index (χ3n) is 4.54. The Labute approximate surface area is 163 Å². The Morgan fingerprint density at radius 2 is 2.14 bits per heavy atom. The van der Waals surface area contributed by atoms with E-state index in [1.165, 1.54) is 29.5 Å². The first-order chi connectivity index (χ1) is 13.2. The van der Waals surface area contributed by atoms with Crippen LogP contribution in [0.5, 0.6) is 0 Å². The van der Waals surface area contributed by atoms with Gasteiger partial charge in [-0.2, -0.15) is 9.98 Å². The average Bonchev–Trinajstić information content (AvgIpc) is 3.29. The summed E-state index contributed by atoms with van der Waals surface area (Å²) < 4.78 is 28.6. The Balaban J connectivity index is 1.79. The lowest BCUT2D eigenvalue weighted by atomic mass is 10.2. The third-order valence-corrected chi connectivity index (χ3v) is 6.97. The molecule has 0 aliphatic heterocycles. The zero-order chi connectivity index (χ0) is 20.1. The van der Waals surface area contributed by atoms with E-state index in [-0.39, 0.29) is 22.3 Å². The van der Waals surface area contributed by atoms with Crippen molar-refractivity contribution >= 4 is 32.3 Å². The number of rotatable bonds is 5. The average molecular weight is 417 g/mol. The highest BCUT2D eigenvalue weighted by Crippen LogP contribution is 2.36. The number of sulfonamides is 1. The molecule has 11 heteroatoms. The second-order valence-electron chi connectivity index (χ2n) is 6.67. The maximum absolute atomic E-state index is 12.9. The number of hydrogen-bond acceptors (Lipinski definition) is 7. The predicted octanol–water partition coefficient (Wildman–Crippen LogP) is 0.837. The highest BCUT2D eigenvalue weighted by atomic mass is 32.2. The van der Waals surface area contributed by atoms with Crippen molar-refractivity contribution in [3.8, 4) is 6.07 Å². The Bertz CT molecular complexity index is 1360. The fourth-order valence-electron chi connectivity index (χ4n) is 2.85. The van der Waals surface area contributed by atoms with Gasteiger partial charge in [-0.15, -0.1) is 11.3 Å². The molecule has 4 rings (SSSR count). The molecule has 0 bridgehead atoms. The highest BCUT2D eigenvalue weighted by Gasteiger charge is 2.46. The molecule has 1 saturated carbocycles. The maximum atomic E-state index is 12.9. The van der Waals surface area contributed by atoms with Crippen molar-refractivity contribution in [1.29, 1.82) is 5.26 Å². The topological polar surface area (TPSA) is 138 Å². The Morgan fingerprint density at radius 1 is 1.39 bits per heavy atom. The van der Waals surface area contributed by atoms with Gasteiger partial charge in [-0.25, -0.2) is 18.2 Å². The number of aryl methyl sites for hydroxylation is 1. The number of aromatic nitrogens is 3. The zero-order valence-electron chi connectivity index (χ0n) is 14.7. The number of thiazole rings is 1. The van der Waals surface area contributed by atoms with Crippen LogP contribution >= 0.6 is 11.3 Å². The number of hydrogen-bond donors (Lipinski definition) is 2. The van der Waals surface area contributed by atoms with Crippen molar-refractivity contribution in [1.82, 2.24) is 19.3 Å². The molecular formula is C17H15N5O4S2. The number of aromatic amines is 1. The molecule has 0 saturated heterocycles. The van der Waals surface area contributed by atoms with E-state index in [1.807, 2.05) is 13.0 Å². The molecule has 9 nitrogen and oxygen atoms in total. The molecule has 1 aromatic carbocycles. The van der Waals surface area contributed by atoms with Gasteiger partial charge in [0.05, 0.1) is 33.4 Å². The Kier molecular flexibility index (Phi) is 4.22. The Morgan fingerprint density at radius 3 is 2.75 bits per heavy atom.